The van der Waals surface area contributed by atoms with Crippen molar-refractivity contribution in [1.82, 2.24) is 10.2 Å². The molecule has 1 heterocycles. The molecule has 0 aromatic heterocycles. The Morgan fingerprint density at radius 3 is 2.70 bits per heavy atom. The van der Waals surface area contributed by atoms with Gasteiger partial charge >= 0.3 is 0 Å². The van der Waals surface area contributed by atoms with Gasteiger partial charge in [0.2, 0.25) is 0 Å². The summed E-state index contributed by atoms with van der Waals surface area (Å²) in [6.07, 6.45) is 2.67. The van der Waals surface area contributed by atoms with E-state index in [0.29, 0.717) is 0 Å². The van der Waals surface area contributed by atoms with Crippen LogP contribution in [0.15, 0.2) is 36.4 Å². The molecule has 0 aliphatic carbocycles. The van der Waals surface area contributed by atoms with Crippen molar-refractivity contribution in [2.24, 2.45) is 5.92 Å². The number of benzene rings is 2. The lowest BCUT2D eigenvalue weighted by molar-refractivity contribution is 0.237. The van der Waals surface area contributed by atoms with Gasteiger partial charge in [-0.25, -0.2) is 0 Å². The van der Waals surface area contributed by atoms with Crippen molar-refractivity contribution in [2.75, 3.05) is 33.8 Å². The Labute approximate surface area is 145 Å². The molecule has 1 unspecified atom stereocenters. The maximum absolute atomic E-state index is 5.29. The molecule has 1 aliphatic rings. The van der Waals surface area contributed by atoms with Crippen molar-refractivity contribution in [3.63, 3.8) is 0 Å². The maximum atomic E-state index is 5.29. The molecule has 126 valence electrons. The lowest BCUT2D eigenvalue weighted by Crippen LogP contribution is -2.36. The SMILES string of the molecule is COc1ccc2cc(CN(C)CC3CCCNC3)ccc2c1.Cl. The fraction of sp³-hybridized carbons (Fsp3) is 0.474. The van der Waals surface area contributed by atoms with E-state index >= 15 is 0 Å². The van der Waals surface area contributed by atoms with Crippen molar-refractivity contribution >= 4 is 23.2 Å². The molecule has 0 spiro atoms. The Morgan fingerprint density at radius 2 is 1.96 bits per heavy atom. The van der Waals surface area contributed by atoms with E-state index in [1.807, 2.05) is 6.07 Å². The molecule has 1 atom stereocenters. The first-order valence-corrected chi connectivity index (χ1v) is 8.20. The average molecular weight is 335 g/mol. The number of nitrogens with zero attached hydrogens (tertiary/aromatic N) is 1. The quantitative estimate of drug-likeness (QED) is 0.902. The number of hydrogen-bond donors (Lipinski definition) is 1. The van der Waals surface area contributed by atoms with Crippen LogP contribution in [-0.2, 0) is 6.54 Å². The molecular formula is C19H27ClN2O. The Morgan fingerprint density at radius 1 is 1.17 bits per heavy atom. The second-order valence-electron chi connectivity index (χ2n) is 6.46. The molecular weight excluding hydrogens is 308 g/mol. The van der Waals surface area contributed by atoms with Gasteiger partial charge in [0.1, 0.15) is 5.75 Å². The third-order valence-electron chi connectivity index (χ3n) is 4.53. The highest BCUT2D eigenvalue weighted by atomic mass is 35.5. The third-order valence-corrected chi connectivity index (χ3v) is 4.53. The van der Waals surface area contributed by atoms with Gasteiger partial charge < -0.3 is 15.0 Å². The topological polar surface area (TPSA) is 24.5 Å². The van der Waals surface area contributed by atoms with Gasteiger partial charge in [-0.15, -0.1) is 12.4 Å². The minimum atomic E-state index is 0. The first-order chi connectivity index (χ1) is 10.7. The molecule has 23 heavy (non-hydrogen) atoms. The van der Waals surface area contributed by atoms with E-state index < -0.39 is 0 Å². The number of rotatable bonds is 5. The molecule has 0 saturated carbocycles. The van der Waals surface area contributed by atoms with Gasteiger partial charge in [0.05, 0.1) is 7.11 Å². The largest absolute Gasteiger partial charge is 0.497 e. The summed E-state index contributed by atoms with van der Waals surface area (Å²) in [6.45, 7) is 4.54. The number of piperidine rings is 1. The summed E-state index contributed by atoms with van der Waals surface area (Å²) in [5.41, 5.74) is 1.38. The van der Waals surface area contributed by atoms with E-state index in [-0.39, 0.29) is 12.4 Å². The molecule has 4 heteroatoms. The summed E-state index contributed by atoms with van der Waals surface area (Å²) in [6, 6.07) is 13.0. The van der Waals surface area contributed by atoms with E-state index in [2.05, 4.69) is 47.6 Å². The zero-order valence-corrected chi connectivity index (χ0v) is 14.9. The minimum Gasteiger partial charge on any atom is -0.497 e. The van der Waals surface area contributed by atoms with Crippen molar-refractivity contribution in [2.45, 2.75) is 19.4 Å². The molecule has 1 N–H and O–H groups in total. The van der Waals surface area contributed by atoms with Gasteiger partial charge in [-0.2, -0.15) is 0 Å². The predicted octanol–water partition coefficient (Wildman–Crippen LogP) is 3.70. The van der Waals surface area contributed by atoms with Gasteiger partial charge in [0, 0.05) is 13.1 Å². The van der Waals surface area contributed by atoms with Crippen molar-refractivity contribution in [3.05, 3.63) is 42.0 Å². The lowest BCUT2D eigenvalue weighted by Gasteiger charge is -2.27. The van der Waals surface area contributed by atoms with E-state index in [9.17, 15) is 0 Å². The summed E-state index contributed by atoms with van der Waals surface area (Å²) < 4.78 is 5.29. The zero-order valence-electron chi connectivity index (χ0n) is 14.0. The number of nitrogens with one attached hydrogen (secondary N) is 1. The fourth-order valence-electron chi connectivity index (χ4n) is 3.40. The van der Waals surface area contributed by atoms with Crippen LogP contribution >= 0.6 is 12.4 Å². The number of hydrogen-bond acceptors (Lipinski definition) is 3. The van der Waals surface area contributed by atoms with Crippen LogP contribution in [0.3, 0.4) is 0 Å². The van der Waals surface area contributed by atoms with Crippen LogP contribution in [0, 0.1) is 5.92 Å². The Bertz CT molecular complexity index is 626. The van der Waals surface area contributed by atoms with E-state index in [4.69, 9.17) is 4.74 Å². The fourth-order valence-corrected chi connectivity index (χ4v) is 3.40. The van der Waals surface area contributed by atoms with Gasteiger partial charge in [-0.3, -0.25) is 0 Å². The number of fused-ring (bicyclic) bond motifs is 1. The molecule has 2 aromatic carbocycles. The normalized spacial score (nSPS) is 18.0. The summed E-state index contributed by atoms with van der Waals surface area (Å²) in [4.78, 5) is 2.45. The first kappa shape index (κ1) is 18.1. The molecule has 0 bridgehead atoms. The predicted molar refractivity (Wildman–Crippen MR) is 99.7 cm³/mol. The van der Waals surface area contributed by atoms with Crippen molar-refractivity contribution < 1.29 is 4.74 Å². The molecule has 1 aliphatic heterocycles. The highest BCUT2D eigenvalue weighted by Crippen LogP contribution is 2.22. The van der Waals surface area contributed by atoms with Gasteiger partial charge in [0.15, 0.2) is 0 Å². The summed E-state index contributed by atoms with van der Waals surface area (Å²) in [7, 11) is 3.94. The zero-order chi connectivity index (χ0) is 15.4. The van der Waals surface area contributed by atoms with E-state index in [0.717, 1.165) is 18.2 Å². The van der Waals surface area contributed by atoms with Gasteiger partial charge in [0.25, 0.3) is 0 Å². The average Bonchev–Trinajstić information content (AvgIpc) is 2.55. The second-order valence-corrected chi connectivity index (χ2v) is 6.46. The van der Waals surface area contributed by atoms with Gasteiger partial charge in [-0.05, 0) is 73.4 Å². The number of methoxy groups -OCH3 is 1. The summed E-state index contributed by atoms with van der Waals surface area (Å²) in [5.74, 6) is 1.71. The van der Waals surface area contributed by atoms with Crippen LogP contribution in [-0.4, -0.2) is 38.7 Å². The smallest absolute Gasteiger partial charge is 0.119 e. The van der Waals surface area contributed by atoms with Crippen molar-refractivity contribution in [1.29, 1.82) is 0 Å². The Kier molecular flexibility index (Phi) is 6.70. The monoisotopic (exact) mass is 334 g/mol. The second kappa shape index (κ2) is 8.53. The number of halogens is 1. The standard InChI is InChI=1S/C19H26N2O.ClH/c1-21(14-16-4-3-9-20-12-16)13-15-5-6-18-11-19(22-2)8-7-17(18)10-15;/h5-8,10-11,16,20H,3-4,9,12-14H2,1-2H3;1H. The highest BCUT2D eigenvalue weighted by molar-refractivity contribution is 5.85. The maximum Gasteiger partial charge on any atom is 0.119 e. The molecule has 1 saturated heterocycles. The van der Waals surface area contributed by atoms with Crippen LogP contribution in [0.1, 0.15) is 18.4 Å². The molecule has 3 rings (SSSR count). The molecule has 0 amide bonds. The highest BCUT2D eigenvalue weighted by Gasteiger charge is 2.15. The summed E-state index contributed by atoms with van der Waals surface area (Å²) in [5, 5.41) is 6.02. The van der Waals surface area contributed by atoms with Crippen molar-refractivity contribution in [3.8, 4) is 5.75 Å². The Balaban J connectivity index is 0.00000192. The van der Waals surface area contributed by atoms with Gasteiger partial charge in [-0.1, -0.05) is 18.2 Å². The van der Waals surface area contributed by atoms with E-state index in [1.165, 1.54) is 48.8 Å². The lowest BCUT2D eigenvalue weighted by atomic mass is 9.99. The molecule has 2 aromatic rings. The number of ether oxygens (including phenoxy) is 1. The van der Waals surface area contributed by atoms with Crippen LogP contribution in [0.25, 0.3) is 10.8 Å². The third kappa shape index (κ3) is 4.84. The minimum absolute atomic E-state index is 0. The molecule has 1 fully saturated rings. The van der Waals surface area contributed by atoms with Crippen LogP contribution < -0.4 is 10.1 Å². The molecule has 0 radical (unpaired) electrons. The van der Waals surface area contributed by atoms with E-state index in [1.54, 1.807) is 7.11 Å². The molecule has 3 nitrogen and oxygen atoms in total. The van der Waals surface area contributed by atoms with Crippen LogP contribution in [0.5, 0.6) is 5.75 Å². The van der Waals surface area contributed by atoms with Crippen LogP contribution in [0.4, 0.5) is 0 Å². The first-order valence-electron chi connectivity index (χ1n) is 8.20. The van der Waals surface area contributed by atoms with Crippen LogP contribution in [0.2, 0.25) is 0 Å². The Hall–Kier alpha value is -1.29. The summed E-state index contributed by atoms with van der Waals surface area (Å²) >= 11 is 0.